The maximum Gasteiger partial charge on any atom is 0.267 e. The van der Waals surface area contributed by atoms with E-state index in [1.165, 1.54) is 0 Å². The third kappa shape index (κ3) is 11.6. The molecule has 96 valence electrons. The Balaban J connectivity index is 3.34. The van der Waals surface area contributed by atoms with Crippen molar-refractivity contribution < 1.29 is 22.8 Å². The number of hydrogen-bond acceptors (Lipinski definition) is 4. The molecule has 0 rings (SSSR count). The van der Waals surface area contributed by atoms with E-state index >= 15 is 0 Å². The van der Waals surface area contributed by atoms with Crippen molar-refractivity contribution >= 4 is 10.1 Å². The molecule has 0 aromatic rings. The minimum Gasteiger partial charge on any atom is -0.390 e. The molecule has 0 saturated heterocycles. The van der Waals surface area contributed by atoms with Gasteiger partial charge in [-0.05, 0) is 19.3 Å². The first-order valence-corrected chi connectivity index (χ1v) is 6.88. The maximum atomic E-state index is 10.4. The van der Waals surface area contributed by atoms with E-state index < -0.39 is 22.0 Å². The van der Waals surface area contributed by atoms with Gasteiger partial charge in [-0.2, -0.15) is 8.42 Å². The summed E-state index contributed by atoms with van der Waals surface area (Å²) in [5, 5.41) is 9.15. The smallest absolute Gasteiger partial charge is 0.267 e. The van der Waals surface area contributed by atoms with Gasteiger partial charge in [0.2, 0.25) is 0 Å². The van der Waals surface area contributed by atoms with Gasteiger partial charge in [0.05, 0.1) is 12.7 Å². The summed E-state index contributed by atoms with van der Waals surface area (Å²) in [6, 6.07) is 0. The predicted molar refractivity (Wildman–Crippen MR) is 61.9 cm³/mol. The van der Waals surface area contributed by atoms with E-state index in [1.54, 1.807) is 0 Å². The van der Waals surface area contributed by atoms with Gasteiger partial charge in [0.15, 0.2) is 0 Å². The molecule has 0 aromatic carbocycles. The third-order valence-electron chi connectivity index (χ3n) is 1.91. The summed E-state index contributed by atoms with van der Waals surface area (Å²) in [6.45, 7) is 4.02. The average molecular weight is 252 g/mol. The molecular weight excluding hydrogens is 232 g/mol. The Morgan fingerprint density at radius 1 is 1.31 bits per heavy atom. The zero-order chi connectivity index (χ0) is 12.4. The summed E-state index contributed by atoms with van der Waals surface area (Å²) in [7, 11) is -4.12. The number of rotatable bonds is 10. The predicted octanol–water partition coefficient (Wildman–Crippen LogP) is 0.998. The normalized spacial score (nSPS) is 13.6. The molecule has 0 amide bonds. The van der Waals surface area contributed by atoms with Crippen LogP contribution in [0.2, 0.25) is 0 Å². The minimum atomic E-state index is -4.12. The second-order valence-electron chi connectivity index (χ2n) is 3.62. The van der Waals surface area contributed by atoms with Gasteiger partial charge in [-0.1, -0.05) is 12.5 Å². The highest BCUT2D eigenvalue weighted by Crippen LogP contribution is 2.01. The topological polar surface area (TPSA) is 83.8 Å². The molecule has 1 atom stereocenters. The van der Waals surface area contributed by atoms with Crippen LogP contribution >= 0.6 is 0 Å². The maximum absolute atomic E-state index is 10.4. The quantitative estimate of drug-likeness (QED) is 0.344. The van der Waals surface area contributed by atoms with Crippen LogP contribution in [0.15, 0.2) is 12.7 Å². The van der Waals surface area contributed by atoms with Crippen LogP contribution in [-0.2, 0) is 14.9 Å². The third-order valence-corrected chi connectivity index (χ3v) is 2.72. The van der Waals surface area contributed by atoms with Gasteiger partial charge in [0, 0.05) is 6.61 Å². The Morgan fingerprint density at radius 3 is 2.56 bits per heavy atom. The lowest BCUT2D eigenvalue weighted by Crippen LogP contribution is -2.25. The average Bonchev–Trinajstić information content (AvgIpc) is 2.13. The summed E-state index contributed by atoms with van der Waals surface area (Å²) in [5.41, 5.74) is 0. The molecule has 16 heavy (non-hydrogen) atoms. The van der Waals surface area contributed by atoms with E-state index in [9.17, 15) is 8.42 Å². The van der Waals surface area contributed by atoms with Crippen molar-refractivity contribution in [1.29, 1.82) is 0 Å². The Kier molecular flexibility index (Phi) is 8.46. The van der Waals surface area contributed by atoms with Crippen LogP contribution in [0.5, 0.6) is 0 Å². The van der Waals surface area contributed by atoms with Gasteiger partial charge in [0.1, 0.15) is 5.75 Å². The van der Waals surface area contributed by atoms with Crippen LogP contribution in [0.4, 0.5) is 0 Å². The van der Waals surface area contributed by atoms with E-state index in [1.807, 2.05) is 6.08 Å². The van der Waals surface area contributed by atoms with Crippen molar-refractivity contribution in [3.8, 4) is 0 Å². The lowest BCUT2D eigenvalue weighted by Gasteiger charge is -2.09. The van der Waals surface area contributed by atoms with Crippen LogP contribution in [0.3, 0.4) is 0 Å². The number of hydrogen-bond donors (Lipinski definition) is 2. The Hall–Kier alpha value is -0.430. The molecule has 1 unspecified atom stereocenters. The second kappa shape index (κ2) is 8.69. The van der Waals surface area contributed by atoms with Crippen molar-refractivity contribution in [3.63, 3.8) is 0 Å². The number of unbranched alkanes of at least 4 members (excludes halogenated alkanes) is 3. The van der Waals surface area contributed by atoms with Crippen LogP contribution < -0.4 is 0 Å². The fourth-order valence-electron chi connectivity index (χ4n) is 1.18. The van der Waals surface area contributed by atoms with E-state index in [4.69, 9.17) is 14.4 Å². The summed E-state index contributed by atoms with van der Waals surface area (Å²) in [5.74, 6) is -0.677. The summed E-state index contributed by atoms with van der Waals surface area (Å²) in [6.07, 6.45) is 4.61. The molecule has 0 fully saturated rings. The zero-order valence-corrected chi connectivity index (χ0v) is 10.2. The van der Waals surface area contributed by atoms with Crippen molar-refractivity contribution in [2.45, 2.75) is 31.8 Å². The molecule has 0 aliphatic carbocycles. The molecule has 0 spiro atoms. The first kappa shape index (κ1) is 15.6. The van der Waals surface area contributed by atoms with E-state index in [0.29, 0.717) is 6.61 Å². The Bertz CT molecular complexity index is 273. The van der Waals surface area contributed by atoms with Gasteiger partial charge in [-0.3, -0.25) is 4.55 Å². The van der Waals surface area contributed by atoms with Gasteiger partial charge >= 0.3 is 0 Å². The molecule has 2 N–H and O–H groups in total. The molecule has 5 nitrogen and oxygen atoms in total. The Labute approximate surface area is 96.9 Å². The van der Waals surface area contributed by atoms with Gasteiger partial charge < -0.3 is 9.84 Å². The second-order valence-corrected chi connectivity index (χ2v) is 5.11. The first-order valence-electron chi connectivity index (χ1n) is 5.27. The van der Waals surface area contributed by atoms with Gasteiger partial charge in [-0.15, -0.1) is 6.58 Å². The van der Waals surface area contributed by atoms with Crippen molar-refractivity contribution in [2.24, 2.45) is 0 Å². The van der Waals surface area contributed by atoms with Crippen molar-refractivity contribution in [2.75, 3.05) is 19.0 Å². The Morgan fingerprint density at radius 2 is 2.00 bits per heavy atom. The van der Waals surface area contributed by atoms with Gasteiger partial charge in [-0.25, -0.2) is 0 Å². The first-order chi connectivity index (χ1) is 7.45. The van der Waals surface area contributed by atoms with Crippen LogP contribution in [-0.4, -0.2) is 43.1 Å². The molecular formula is C10H20O5S. The summed E-state index contributed by atoms with van der Waals surface area (Å²) in [4.78, 5) is 0. The molecule has 0 aromatic heterocycles. The van der Waals surface area contributed by atoms with Crippen LogP contribution in [0.25, 0.3) is 0 Å². The van der Waals surface area contributed by atoms with Crippen molar-refractivity contribution in [1.82, 2.24) is 0 Å². The molecule has 0 heterocycles. The number of ether oxygens (including phenoxy) is 1. The monoisotopic (exact) mass is 252 g/mol. The standard InChI is InChI=1S/C10H20O5S/c1-2-3-4-5-6-7-15-8-10(11)9-16(12,13)14/h2,10-11H,1,3-9H2,(H,12,13,14). The zero-order valence-electron chi connectivity index (χ0n) is 9.34. The number of aliphatic hydroxyl groups is 1. The van der Waals surface area contributed by atoms with E-state index in [-0.39, 0.29) is 6.61 Å². The molecule has 0 radical (unpaired) electrons. The molecule has 6 heteroatoms. The van der Waals surface area contributed by atoms with Crippen LogP contribution in [0, 0.1) is 0 Å². The summed E-state index contributed by atoms with van der Waals surface area (Å²) >= 11 is 0. The molecule has 0 aliphatic rings. The largest absolute Gasteiger partial charge is 0.390 e. The number of allylic oxidation sites excluding steroid dienone is 1. The fraction of sp³-hybridized carbons (Fsp3) is 0.800. The minimum absolute atomic E-state index is 0.0682. The highest BCUT2D eigenvalue weighted by atomic mass is 32.2. The highest BCUT2D eigenvalue weighted by molar-refractivity contribution is 7.85. The highest BCUT2D eigenvalue weighted by Gasteiger charge is 2.13. The lowest BCUT2D eigenvalue weighted by molar-refractivity contribution is 0.0454. The molecule has 0 bridgehead atoms. The molecule has 0 aliphatic heterocycles. The summed E-state index contributed by atoms with van der Waals surface area (Å²) < 4.78 is 34.3. The SMILES string of the molecule is C=CCCCCCOCC(O)CS(=O)(=O)O. The lowest BCUT2D eigenvalue weighted by atomic mass is 10.2. The fourth-order valence-corrected chi connectivity index (χ4v) is 1.76. The van der Waals surface area contributed by atoms with Crippen molar-refractivity contribution in [3.05, 3.63) is 12.7 Å². The number of aliphatic hydroxyl groups excluding tert-OH is 1. The van der Waals surface area contributed by atoms with E-state index in [0.717, 1.165) is 25.7 Å². The molecule has 0 saturated carbocycles. The van der Waals surface area contributed by atoms with Crippen LogP contribution in [0.1, 0.15) is 25.7 Å². The van der Waals surface area contributed by atoms with Gasteiger partial charge in [0.25, 0.3) is 10.1 Å². The van der Waals surface area contributed by atoms with E-state index in [2.05, 4.69) is 6.58 Å².